The first-order valence-corrected chi connectivity index (χ1v) is 5.22. The molecule has 0 saturated heterocycles. The van der Waals surface area contributed by atoms with Crippen LogP contribution in [-0.2, 0) is 13.0 Å². The Morgan fingerprint density at radius 1 is 1.27 bits per heavy atom. The quantitative estimate of drug-likeness (QED) is 0.756. The molecule has 0 unspecified atom stereocenters. The Morgan fingerprint density at radius 2 is 1.87 bits per heavy atom. The molecule has 15 heavy (non-hydrogen) atoms. The van der Waals surface area contributed by atoms with E-state index in [0.717, 1.165) is 23.4 Å². The molecule has 4 heteroatoms. The third kappa shape index (κ3) is 3.01. The molecule has 0 saturated carbocycles. The van der Waals surface area contributed by atoms with Gasteiger partial charge in [-0.3, -0.25) is 4.68 Å². The van der Waals surface area contributed by atoms with Crippen molar-refractivity contribution in [3.05, 3.63) is 17.0 Å². The third-order valence-corrected chi connectivity index (χ3v) is 2.45. The second kappa shape index (κ2) is 4.73. The number of hydrogen-bond donors (Lipinski definition) is 0. The van der Waals surface area contributed by atoms with Crippen LogP contribution in [0.1, 0.15) is 30.8 Å². The number of rotatable bonds is 4. The van der Waals surface area contributed by atoms with Crippen LogP contribution in [0.4, 0.5) is 8.78 Å². The first kappa shape index (κ1) is 12.1. The standard InChI is InChI=1S/C11H18F2N2/c1-7(2)5-10-8(3)14-15(9(10)4)6-11(12)13/h7,11H,5-6H2,1-4H3. The van der Waals surface area contributed by atoms with Crippen molar-refractivity contribution >= 4 is 0 Å². The fraction of sp³-hybridized carbons (Fsp3) is 0.727. The lowest BCUT2D eigenvalue weighted by Crippen LogP contribution is -2.10. The van der Waals surface area contributed by atoms with Crippen LogP contribution in [-0.4, -0.2) is 16.2 Å². The highest BCUT2D eigenvalue weighted by Crippen LogP contribution is 2.18. The molecule has 1 aromatic rings. The molecular weight excluding hydrogens is 198 g/mol. The molecule has 86 valence electrons. The van der Waals surface area contributed by atoms with Crippen molar-refractivity contribution in [2.24, 2.45) is 5.92 Å². The molecule has 0 bridgehead atoms. The first-order chi connectivity index (χ1) is 6.91. The molecule has 0 atom stereocenters. The van der Waals surface area contributed by atoms with Gasteiger partial charge in [0.25, 0.3) is 6.43 Å². The van der Waals surface area contributed by atoms with Crippen molar-refractivity contribution < 1.29 is 8.78 Å². The van der Waals surface area contributed by atoms with Crippen molar-refractivity contribution in [1.82, 2.24) is 9.78 Å². The zero-order valence-electron chi connectivity index (χ0n) is 9.72. The van der Waals surface area contributed by atoms with Gasteiger partial charge in [0.2, 0.25) is 0 Å². The normalized spacial score (nSPS) is 11.7. The van der Waals surface area contributed by atoms with Crippen molar-refractivity contribution in [3.8, 4) is 0 Å². The second-order valence-electron chi connectivity index (χ2n) is 4.32. The minimum absolute atomic E-state index is 0.301. The molecule has 0 spiro atoms. The van der Waals surface area contributed by atoms with Crippen LogP contribution in [0.5, 0.6) is 0 Å². The molecule has 0 fully saturated rings. The van der Waals surface area contributed by atoms with Gasteiger partial charge in [-0.2, -0.15) is 5.10 Å². The number of nitrogens with zero attached hydrogens (tertiary/aromatic N) is 2. The summed E-state index contributed by atoms with van der Waals surface area (Å²) < 4.78 is 25.9. The predicted molar refractivity (Wildman–Crippen MR) is 56.2 cm³/mol. The SMILES string of the molecule is Cc1nn(CC(F)F)c(C)c1CC(C)C. The van der Waals surface area contributed by atoms with E-state index in [0.29, 0.717) is 5.92 Å². The van der Waals surface area contributed by atoms with Gasteiger partial charge >= 0.3 is 0 Å². The molecule has 0 N–H and O–H groups in total. The average molecular weight is 216 g/mol. The zero-order chi connectivity index (χ0) is 11.6. The van der Waals surface area contributed by atoms with Gasteiger partial charge in [0.1, 0.15) is 6.54 Å². The molecule has 1 heterocycles. The first-order valence-electron chi connectivity index (χ1n) is 5.22. The van der Waals surface area contributed by atoms with Gasteiger partial charge in [0.05, 0.1) is 5.69 Å². The van der Waals surface area contributed by atoms with Gasteiger partial charge in [-0.05, 0) is 31.7 Å². The maximum absolute atomic E-state index is 12.2. The molecule has 2 nitrogen and oxygen atoms in total. The molecule has 1 rings (SSSR count). The largest absolute Gasteiger partial charge is 0.264 e. The fourth-order valence-corrected chi connectivity index (χ4v) is 1.75. The van der Waals surface area contributed by atoms with E-state index in [1.165, 1.54) is 4.68 Å². The summed E-state index contributed by atoms with van der Waals surface area (Å²) in [7, 11) is 0. The van der Waals surface area contributed by atoms with E-state index in [1.807, 2.05) is 13.8 Å². The van der Waals surface area contributed by atoms with Crippen LogP contribution >= 0.6 is 0 Å². The van der Waals surface area contributed by atoms with E-state index in [2.05, 4.69) is 18.9 Å². The Balaban J connectivity index is 2.93. The van der Waals surface area contributed by atoms with Crippen molar-refractivity contribution in [2.45, 2.75) is 47.1 Å². The number of halogens is 2. The van der Waals surface area contributed by atoms with Gasteiger partial charge < -0.3 is 0 Å². The van der Waals surface area contributed by atoms with Crippen LogP contribution < -0.4 is 0 Å². The molecule has 1 aromatic heterocycles. The van der Waals surface area contributed by atoms with E-state index < -0.39 is 6.43 Å². The smallest absolute Gasteiger partial charge is 0.257 e. The maximum Gasteiger partial charge on any atom is 0.257 e. The average Bonchev–Trinajstić information content (AvgIpc) is 2.31. The number of alkyl halides is 2. The monoisotopic (exact) mass is 216 g/mol. The van der Waals surface area contributed by atoms with Crippen LogP contribution in [0, 0.1) is 19.8 Å². The number of hydrogen-bond acceptors (Lipinski definition) is 1. The number of aryl methyl sites for hydroxylation is 1. The summed E-state index contributed by atoms with van der Waals surface area (Å²) in [5.74, 6) is 0.520. The zero-order valence-corrected chi connectivity index (χ0v) is 9.72. The van der Waals surface area contributed by atoms with E-state index in [-0.39, 0.29) is 6.54 Å². The van der Waals surface area contributed by atoms with Crippen molar-refractivity contribution in [3.63, 3.8) is 0 Å². The summed E-state index contributed by atoms with van der Waals surface area (Å²) in [6, 6.07) is 0. The van der Waals surface area contributed by atoms with Gasteiger partial charge in [0, 0.05) is 5.69 Å². The Labute approximate surface area is 89.3 Å². The van der Waals surface area contributed by atoms with Gasteiger partial charge in [-0.1, -0.05) is 13.8 Å². The van der Waals surface area contributed by atoms with Crippen LogP contribution in [0.15, 0.2) is 0 Å². The molecule has 0 aromatic carbocycles. The Kier molecular flexibility index (Phi) is 3.83. The van der Waals surface area contributed by atoms with Crippen LogP contribution in [0.2, 0.25) is 0 Å². The van der Waals surface area contributed by atoms with Crippen LogP contribution in [0.3, 0.4) is 0 Å². The van der Waals surface area contributed by atoms with E-state index in [9.17, 15) is 8.78 Å². The molecule has 0 aliphatic heterocycles. The molecule has 0 amide bonds. The Bertz CT molecular complexity index is 330. The fourth-order valence-electron chi connectivity index (χ4n) is 1.75. The third-order valence-electron chi connectivity index (χ3n) is 2.45. The van der Waals surface area contributed by atoms with Crippen molar-refractivity contribution in [1.29, 1.82) is 0 Å². The topological polar surface area (TPSA) is 17.8 Å². The highest BCUT2D eigenvalue weighted by Gasteiger charge is 2.14. The Hall–Kier alpha value is -0.930. The lowest BCUT2D eigenvalue weighted by atomic mass is 10.0. The molecule has 0 radical (unpaired) electrons. The van der Waals surface area contributed by atoms with Crippen LogP contribution in [0.25, 0.3) is 0 Å². The summed E-state index contributed by atoms with van der Waals surface area (Å²) in [6.45, 7) is 7.67. The lowest BCUT2D eigenvalue weighted by molar-refractivity contribution is 0.121. The minimum atomic E-state index is -2.34. The predicted octanol–water partition coefficient (Wildman–Crippen LogP) is 2.96. The van der Waals surface area contributed by atoms with E-state index in [1.54, 1.807) is 0 Å². The van der Waals surface area contributed by atoms with Gasteiger partial charge in [-0.25, -0.2) is 8.78 Å². The highest BCUT2D eigenvalue weighted by molar-refractivity contribution is 5.24. The summed E-state index contributed by atoms with van der Waals surface area (Å²) in [5.41, 5.74) is 2.87. The maximum atomic E-state index is 12.2. The summed E-state index contributed by atoms with van der Waals surface area (Å²) in [4.78, 5) is 0. The van der Waals surface area contributed by atoms with Gasteiger partial charge in [-0.15, -0.1) is 0 Å². The van der Waals surface area contributed by atoms with E-state index >= 15 is 0 Å². The highest BCUT2D eigenvalue weighted by atomic mass is 19.3. The molecule has 0 aliphatic rings. The summed E-state index contributed by atoms with van der Waals surface area (Å²) in [6.07, 6.45) is -1.43. The summed E-state index contributed by atoms with van der Waals surface area (Å²) >= 11 is 0. The van der Waals surface area contributed by atoms with Gasteiger partial charge in [0.15, 0.2) is 0 Å². The molecule has 0 aliphatic carbocycles. The Morgan fingerprint density at radius 3 is 2.33 bits per heavy atom. The number of aromatic nitrogens is 2. The summed E-state index contributed by atoms with van der Waals surface area (Å²) in [5, 5.41) is 4.14. The van der Waals surface area contributed by atoms with Crippen molar-refractivity contribution in [2.75, 3.05) is 0 Å². The second-order valence-corrected chi connectivity index (χ2v) is 4.32. The van der Waals surface area contributed by atoms with E-state index in [4.69, 9.17) is 0 Å². The minimum Gasteiger partial charge on any atom is -0.264 e. The lowest BCUT2D eigenvalue weighted by Gasteiger charge is -2.06. The molecular formula is C11H18F2N2.